The molecule has 2 N–H and O–H groups in total. The Kier molecular flexibility index (Phi) is 5.38. The second kappa shape index (κ2) is 7.26. The molecule has 0 aliphatic heterocycles. The number of pyridine rings is 1. The molecule has 0 aromatic carbocycles. The van der Waals surface area contributed by atoms with E-state index in [4.69, 9.17) is 11.6 Å². The van der Waals surface area contributed by atoms with Gasteiger partial charge in [0, 0.05) is 18.7 Å². The lowest BCUT2D eigenvalue weighted by Crippen LogP contribution is -2.25. The summed E-state index contributed by atoms with van der Waals surface area (Å²) in [5.74, 6) is 0.478. The van der Waals surface area contributed by atoms with Crippen molar-refractivity contribution in [3.8, 4) is 0 Å². The van der Waals surface area contributed by atoms with Gasteiger partial charge in [0.25, 0.3) is 5.91 Å². The van der Waals surface area contributed by atoms with Crippen LogP contribution in [0.25, 0.3) is 0 Å². The molecule has 0 unspecified atom stereocenters. The molecule has 6 heteroatoms. The summed E-state index contributed by atoms with van der Waals surface area (Å²) in [6.07, 6.45) is 0.828. The van der Waals surface area contributed by atoms with Crippen LogP contribution >= 0.6 is 22.9 Å². The Balaban J connectivity index is 1.94. The number of carbonyl (C=O) groups is 1. The van der Waals surface area contributed by atoms with E-state index in [1.807, 2.05) is 12.3 Å². The van der Waals surface area contributed by atoms with Crippen LogP contribution in [-0.4, -0.2) is 24.0 Å². The van der Waals surface area contributed by atoms with E-state index in [-0.39, 0.29) is 5.91 Å². The van der Waals surface area contributed by atoms with Crippen LogP contribution in [0.5, 0.6) is 0 Å². The Morgan fingerprint density at radius 2 is 2.30 bits per heavy atom. The summed E-state index contributed by atoms with van der Waals surface area (Å²) < 4.78 is 0. The summed E-state index contributed by atoms with van der Waals surface area (Å²) in [5, 5.41) is 10.4. The lowest BCUT2D eigenvalue weighted by atomic mass is 10.2. The molecule has 0 bridgehead atoms. The van der Waals surface area contributed by atoms with Crippen molar-refractivity contribution < 1.29 is 4.79 Å². The van der Waals surface area contributed by atoms with Gasteiger partial charge in [-0.2, -0.15) is 11.3 Å². The SMILES string of the molecule is CCNc1cc(C(=O)NCCc2ccsc2)cc(Cl)n1. The highest BCUT2D eigenvalue weighted by molar-refractivity contribution is 7.07. The molecule has 2 aromatic rings. The maximum absolute atomic E-state index is 12.1. The lowest BCUT2D eigenvalue weighted by Gasteiger charge is -2.08. The summed E-state index contributed by atoms with van der Waals surface area (Å²) in [5.41, 5.74) is 1.75. The fraction of sp³-hybridized carbons (Fsp3) is 0.286. The minimum Gasteiger partial charge on any atom is -0.370 e. The average Bonchev–Trinajstić information content (AvgIpc) is 2.91. The van der Waals surface area contributed by atoms with Gasteiger partial charge in [0.05, 0.1) is 0 Å². The molecule has 2 heterocycles. The van der Waals surface area contributed by atoms with Crippen LogP contribution in [0.1, 0.15) is 22.8 Å². The van der Waals surface area contributed by atoms with Crippen LogP contribution in [0, 0.1) is 0 Å². The van der Waals surface area contributed by atoms with Crippen molar-refractivity contribution in [2.75, 3.05) is 18.4 Å². The summed E-state index contributed by atoms with van der Waals surface area (Å²) in [7, 11) is 0. The van der Waals surface area contributed by atoms with E-state index in [2.05, 4.69) is 27.1 Å². The first-order chi connectivity index (χ1) is 9.69. The number of rotatable bonds is 6. The minimum atomic E-state index is -0.135. The number of thiophene rings is 1. The van der Waals surface area contributed by atoms with Crippen molar-refractivity contribution in [2.45, 2.75) is 13.3 Å². The highest BCUT2D eigenvalue weighted by Crippen LogP contribution is 2.14. The zero-order valence-electron chi connectivity index (χ0n) is 11.1. The van der Waals surface area contributed by atoms with Crippen molar-refractivity contribution >= 4 is 34.7 Å². The number of carbonyl (C=O) groups excluding carboxylic acids is 1. The first-order valence-corrected chi connectivity index (χ1v) is 7.72. The molecule has 0 saturated heterocycles. The van der Waals surface area contributed by atoms with E-state index in [1.165, 1.54) is 5.56 Å². The average molecular weight is 310 g/mol. The summed E-state index contributed by atoms with van der Waals surface area (Å²) in [6, 6.07) is 5.33. The largest absolute Gasteiger partial charge is 0.370 e. The molecule has 1 amide bonds. The number of hydrogen-bond acceptors (Lipinski definition) is 4. The molecule has 0 saturated carbocycles. The number of halogens is 1. The molecule has 0 fully saturated rings. The zero-order chi connectivity index (χ0) is 14.4. The molecule has 0 radical (unpaired) electrons. The number of amides is 1. The van der Waals surface area contributed by atoms with Crippen molar-refractivity contribution in [1.29, 1.82) is 0 Å². The van der Waals surface area contributed by atoms with Crippen LogP contribution in [0.4, 0.5) is 5.82 Å². The van der Waals surface area contributed by atoms with Crippen LogP contribution in [0.15, 0.2) is 29.0 Å². The highest BCUT2D eigenvalue weighted by atomic mass is 35.5. The Bertz CT molecular complexity index is 572. The molecule has 0 spiro atoms. The maximum Gasteiger partial charge on any atom is 0.251 e. The third-order valence-corrected chi connectivity index (χ3v) is 3.62. The van der Waals surface area contributed by atoms with Gasteiger partial charge in [-0.3, -0.25) is 4.79 Å². The fourth-order valence-electron chi connectivity index (χ4n) is 1.76. The first kappa shape index (κ1) is 14.8. The van der Waals surface area contributed by atoms with E-state index in [9.17, 15) is 4.79 Å². The smallest absolute Gasteiger partial charge is 0.251 e. The van der Waals surface area contributed by atoms with Crippen molar-refractivity contribution in [3.63, 3.8) is 0 Å². The van der Waals surface area contributed by atoms with Crippen molar-refractivity contribution in [1.82, 2.24) is 10.3 Å². The van der Waals surface area contributed by atoms with Gasteiger partial charge >= 0.3 is 0 Å². The predicted molar refractivity (Wildman–Crippen MR) is 83.8 cm³/mol. The van der Waals surface area contributed by atoms with Gasteiger partial charge in [-0.05, 0) is 47.9 Å². The summed E-state index contributed by atoms with van der Waals surface area (Å²) >= 11 is 7.57. The van der Waals surface area contributed by atoms with Crippen LogP contribution in [-0.2, 0) is 6.42 Å². The quantitative estimate of drug-likeness (QED) is 0.806. The molecule has 20 heavy (non-hydrogen) atoms. The van der Waals surface area contributed by atoms with Gasteiger partial charge < -0.3 is 10.6 Å². The fourth-order valence-corrected chi connectivity index (χ4v) is 2.67. The topological polar surface area (TPSA) is 54.0 Å². The van der Waals surface area contributed by atoms with Crippen LogP contribution in [0.2, 0.25) is 5.15 Å². The Hall–Kier alpha value is -1.59. The highest BCUT2D eigenvalue weighted by Gasteiger charge is 2.08. The van der Waals surface area contributed by atoms with Gasteiger partial charge in [-0.1, -0.05) is 11.6 Å². The molecule has 0 aliphatic carbocycles. The van der Waals surface area contributed by atoms with Gasteiger partial charge in [0.2, 0.25) is 0 Å². The monoisotopic (exact) mass is 309 g/mol. The number of aromatic nitrogens is 1. The second-order valence-corrected chi connectivity index (χ2v) is 5.40. The molecule has 2 aromatic heterocycles. The Morgan fingerprint density at radius 3 is 3.00 bits per heavy atom. The van der Waals surface area contributed by atoms with Crippen LogP contribution in [0.3, 0.4) is 0 Å². The molecule has 2 rings (SSSR count). The van der Waals surface area contributed by atoms with Gasteiger partial charge in [-0.25, -0.2) is 4.98 Å². The first-order valence-electron chi connectivity index (χ1n) is 6.39. The molecule has 0 atom stereocenters. The van der Waals surface area contributed by atoms with Crippen molar-refractivity contribution in [2.24, 2.45) is 0 Å². The van der Waals surface area contributed by atoms with E-state index < -0.39 is 0 Å². The molecule has 0 aliphatic rings. The van der Waals surface area contributed by atoms with E-state index in [0.717, 1.165) is 13.0 Å². The summed E-state index contributed by atoms with van der Waals surface area (Å²) in [6.45, 7) is 3.29. The Morgan fingerprint density at radius 1 is 1.45 bits per heavy atom. The third kappa shape index (κ3) is 4.21. The molecule has 4 nitrogen and oxygen atoms in total. The Labute approximate surface area is 127 Å². The van der Waals surface area contributed by atoms with Gasteiger partial charge in [0.15, 0.2) is 0 Å². The number of nitrogens with zero attached hydrogens (tertiary/aromatic N) is 1. The summed E-state index contributed by atoms with van der Waals surface area (Å²) in [4.78, 5) is 16.2. The van der Waals surface area contributed by atoms with E-state index >= 15 is 0 Å². The predicted octanol–water partition coefficient (Wildman–Crippen LogP) is 3.20. The molecular weight excluding hydrogens is 294 g/mol. The van der Waals surface area contributed by atoms with E-state index in [1.54, 1.807) is 23.5 Å². The lowest BCUT2D eigenvalue weighted by molar-refractivity contribution is 0.0954. The number of hydrogen-bond donors (Lipinski definition) is 2. The van der Waals surface area contributed by atoms with Crippen molar-refractivity contribution in [3.05, 3.63) is 45.2 Å². The van der Waals surface area contributed by atoms with Crippen LogP contribution < -0.4 is 10.6 Å². The molecular formula is C14H16ClN3OS. The third-order valence-electron chi connectivity index (χ3n) is 2.69. The zero-order valence-corrected chi connectivity index (χ0v) is 12.7. The standard InChI is InChI=1S/C14H16ClN3OS/c1-2-16-13-8-11(7-12(15)18-13)14(19)17-5-3-10-4-6-20-9-10/h4,6-9H,2-3,5H2,1H3,(H,16,18)(H,17,19). The maximum atomic E-state index is 12.1. The minimum absolute atomic E-state index is 0.135. The van der Waals surface area contributed by atoms with Gasteiger partial charge in [0.1, 0.15) is 11.0 Å². The number of anilines is 1. The number of nitrogens with one attached hydrogen (secondary N) is 2. The second-order valence-electron chi connectivity index (χ2n) is 4.23. The van der Waals surface area contributed by atoms with E-state index in [0.29, 0.717) is 23.1 Å². The van der Waals surface area contributed by atoms with Gasteiger partial charge in [-0.15, -0.1) is 0 Å². The normalized spacial score (nSPS) is 10.3. The molecule has 106 valence electrons.